The summed E-state index contributed by atoms with van der Waals surface area (Å²) in [5.74, 6) is 0. The van der Waals surface area contributed by atoms with Gasteiger partial charge in [0.05, 0.1) is 0 Å². The fraction of sp³-hybridized carbons (Fsp3) is 1.00. The van der Waals surface area contributed by atoms with Gasteiger partial charge in [0.25, 0.3) is 0 Å². The molecule has 0 unspecified atom stereocenters. The maximum absolute atomic E-state index is 8.74. The molecule has 0 aromatic carbocycles. The average molecular weight is 286 g/mol. The van der Waals surface area contributed by atoms with E-state index in [-0.39, 0.29) is 0 Å². The summed E-state index contributed by atoms with van der Waals surface area (Å²) in [6, 6.07) is 0. The smallest absolute Gasteiger partial charge is 0.379 e. The summed E-state index contributed by atoms with van der Waals surface area (Å²) < 4.78 is 31.7. The van der Waals surface area contributed by atoms with Crippen LogP contribution in [0.4, 0.5) is 0 Å². The van der Waals surface area contributed by atoms with Crippen molar-refractivity contribution in [2.45, 2.75) is 0 Å². The Bertz CT molecular complexity index is 136. The van der Waals surface area contributed by atoms with Crippen LogP contribution in [0.5, 0.6) is 0 Å². The summed E-state index contributed by atoms with van der Waals surface area (Å²) in [5, 5.41) is 0. The zero-order valence-electron chi connectivity index (χ0n) is 8.41. The van der Waals surface area contributed by atoms with Gasteiger partial charge in [-0.05, 0) is 0 Å². The van der Waals surface area contributed by atoms with Crippen molar-refractivity contribution in [1.82, 2.24) is 0 Å². The van der Waals surface area contributed by atoms with Crippen molar-refractivity contribution >= 4 is 26.0 Å². The molecule has 0 spiro atoms. The Hall–Kier alpha value is 0.397. The lowest BCUT2D eigenvalue weighted by molar-refractivity contribution is 0.163. The topological polar surface area (TPSA) is 143 Å². The van der Waals surface area contributed by atoms with E-state index in [1.165, 1.54) is 0 Å². The summed E-state index contributed by atoms with van der Waals surface area (Å²) in [7, 11) is -3.21. The van der Waals surface area contributed by atoms with E-state index >= 15 is 0 Å². The van der Waals surface area contributed by atoms with Crippen molar-refractivity contribution in [1.29, 1.82) is 0 Å². The molecule has 0 aromatic heterocycles. The second-order valence-corrected chi connectivity index (χ2v) is 4.68. The lowest BCUT2D eigenvalue weighted by atomic mass is 11.8. The van der Waals surface area contributed by atoms with Crippen LogP contribution in [0.25, 0.3) is 0 Å². The molecule has 0 aromatic rings. The molecule has 0 radical (unpaired) electrons. The minimum Gasteiger partial charge on any atom is -0.379 e. The molecule has 9 nitrogen and oxygen atoms in total. The number of rotatable bonds is 3. The fourth-order valence-corrected chi connectivity index (χ4v) is 0.866. The maximum Gasteiger partial charge on any atom is 0.483 e. The highest BCUT2D eigenvalue weighted by Crippen LogP contribution is 1.98. The molecule has 12 heteroatoms. The zero-order chi connectivity index (χ0) is 12.9. The lowest BCUT2D eigenvalue weighted by Gasteiger charge is -2.05. The van der Waals surface area contributed by atoms with Gasteiger partial charge in [-0.15, -0.1) is 0 Å². The minimum atomic E-state index is -3.13. The fourth-order valence-electron chi connectivity index (χ4n) is 0.289. The SMILES string of the molecule is CO[SiH](OC)OC.O=[PH](O)O.O=[PH](O)O. The van der Waals surface area contributed by atoms with Gasteiger partial charge in [0.1, 0.15) is 0 Å². The number of hydrogen-bond acceptors (Lipinski definition) is 5. The molecule has 0 bridgehead atoms. The largest absolute Gasteiger partial charge is 0.483 e. The first-order valence-electron chi connectivity index (χ1n) is 3.23. The monoisotopic (exact) mass is 286 g/mol. The molecule has 0 amide bonds. The molecular formula is C3H16O9P2Si. The van der Waals surface area contributed by atoms with Gasteiger partial charge in [-0.1, -0.05) is 0 Å². The standard InChI is InChI=1S/C3H10O3Si.2H3O3P/c1-4-7(5-2)6-3;2*1-4(2)3/h7H,1-3H3;2*4H,(H2,1,2,3). The van der Waals surface area contributed by atoms with Gasteiger partial charge in [-0.25, -0.2) is 0 Å². The predicted octanol–water partition coefficient (Wildman–Crippen LogP) is -1.64. The highest BCUT2D eigenvalue weighted by molar-refractivity contribution is 7.31. The van der Waals surface area contributed by atoms with Crippen molar-refractivity contribution in [3.05, 3.63) is 0 Å². The van der Waals surface area contributed by atoms with E-state index in [1.54, 1.807) is 21.3 Å². The van der Waals surface area contributed by atoms with Crippen LogP contribution in [0.2, 0.25) is 0 Å². The minimum absolute atomic E-state index is 1.57. The Labute approximate surface area is 90.1 Å². The Morgan fingerprint density at radius 3 is 0.933 bits per heavy atom. The Morgan fingerprint density at radius 1 is 0.800 bits per heavy atom. The van der Waals surface area contributed by atoms with Crippen LogP contribution in [-0.2, 0) is 22.4 Å². The second-order valence-electron chi connectivity index (χ2n) is 1.56. The van der Waals surface area contributed by atoms with E-state index in [9.17, 15) is 0 Å². The zero-order valence-corrected chi connectivity index (χ0v) is 11.6. The third-order valence-corrected chi connectivity index (χ3v) is 1.73. The van der Waals surface area contributed by atoms with E-state index in [4.69, 9.17) is 42.0 Å². The summed E-state index contributed by atoms with van der Waals surface area (Å²) in [6.45, 7) is 0. The molecule has 0 aliphatic heterocycles. The molecule has 4 N–H and O–H groups in total. The maximum atomic E-state index is 8.74. The predicted molar refractivity (Wildman–Crippen MR) is 55.1 cm³/mol. The van der Waals surface area contributed by atoms with Gasteiger partial charge in [0, 0.05) is 21.3 Å². The third-order valence-electron chi connectivity index (χ3n) is 0.577. The van der Waals surface area contributed by atoms with Gasteiger partial charge in [-0.3, -0.25) is 9.13 Å². The summed E-state index contributed by atoms with van der Waals surface area (Å²) in [5.41, 5.74) is 0. The molecule has 0 aliphatic carbocycles. The quantitative estimate of drug-likeness (QED) is 0.355. The van der Waals surface area contributed by atoms with Gasteiger partial charge in [-0.2, -0.15) is 0 Å². The molecule has 0 fully saturated rings. The third kappa shape index (κ3) is 54.1. The molecule has 0 saturated carbocycles. The van der Waals surface area contributed by atoms with Crippen LogP contribution in [0, 0.1) is 0 Å². The molecule has 0 saturated heterocycles. The Morgan fingerprint density at radius 2 is 0.933 bits per heavy atom. The highest BCUT2D eigenvalue weighted by Gasteiger charge is 2.04. The first-order valence-corrected chi connectivity index (χ1v) is 7.25. The molecule has 0 atom stereocenters. The lowest BCUT2D eigenvalue weighted by Crippen LogP contribution is -2.21. The molecule has 96 valence electrons. The molecule has 0 aliphatic rings. The van der Waals surface area contributed by atoms with Crippen LogP contribution in [-0.4, -0.2) is 50.4 Å². The average Bonchev–Trinajstić information content (AvgIpc) is 2.05. The van der Waals surface area contributed by atoms with Crippen LogP contribution in [0.15, 0.2) is 0 Å². The van der Waals surface area contributed by atoms with Crippen LogP contribution in [0.1, 0.15) is 0 Å². The van der Waals surface area contributed by atoms with E-state index in [0.29, 0.717) is 0 Å². The normalized spacial score (nSPS) is 9.47. The Balaban J connectivity index is -0.000000155. The highest BCUT2D eigenvalue weighted by atomic mass is 31.1. The van der Waals surface area contributed by atoms with E-state index in [2.05, 4.69) is 0 Å². The summed E-state index contributed by atoms with van der Waals surface area (Å²) >= 11 is 0. The van der Waals surface area contributed by atoms with Crippen molar-refractivity contribution in [3.8, 4) is 0 Å². The van der Waals surface area contributed by atoms with Gasteiger partial charge < -0.3 is 32.9 Å². The first kappa shape index (κ1) is 20.8. The van der Waals surface area contributed by atoms with E-state index in [1.807, 2.05) is 0 Å². The van der Waals surface area contributed by atoms with Crippen LogP contribution >= 0.6 is 16.5 Å². The van der Waals surface area contributed by atoms with Crippen molar-refractivity contribution in [2.24, 2.45) is 0 Å². The first-order chi connectivity index (χ1) is 6.81. The van der Waals surface area contributed by atoms with Gasteiger partial charge in [0.15, 0.2) is 0 Å². The molecule has 0 heterocycles. The van der Waals surface area contributed by atoms with Crippen LogP contribution in [0.3, 0.4) is 0 Å². The van der Waals surface area contributed by atoms with Gasteiger partial charge >= 0.3 is 26.0 Å². The molecule has 0 rings (SSSR count). The van der Waals surface area contributed by atoms with E-state index < -0.39 is 26.0 Å². The summed E-state index contributed by atoms with van der Waals surface area (Å²) in [6.07, 6.45) is 0. The second kappa shape index (κ2) is 16.8. The summed E-state index contributed by atoms with van der Waals surface area (Å²) in [4.78, 5) is 28.6. The number of hydrogen-bond donors (Lipinski definition) is 4. The van der Waals surface area contributed by atoms with Crippen molar-refractivity contribution < 1.29 is 42.0 Å². The van der Waals surface area contributed by atoms with E-state index in [0.717, 1.165) is 0 Å². The van der Waals surface area contributed by atoms with Crippen molar-refractivity contribution in [2.75, 3.05) is 21.3 Å². The molecule has 15 heavy (non-hydrogen) atoms. The Kier molecular flexibility index (Phi) is 23.3. The van der Waals surface area contributed by atoms with Crippen LogP contribution < -0.4 is 0 Å². The van der Waals surface area contributed by atoms with Gasteiger partial charge in [0.2, 0.25) is 0 Å². The van der Waals surface area contributed by atoms with Crippen molar-refractivity contribution in [3.63, 3.8) is 0 Å². The molecular weight excluding hydrogens is 270 g/mol.